The lowest BCUT2D eigenvalue weighted by Gasteiger charge is -2.48. The van der Waals surface area contributed by atoms with Crippen molar-refractivity contribution >= 4 is 28.5 Å². The molecule has 3 aromatic rings. The van der Waals surface area contributed by atoms with E-state index in [-0.39, 0.29) is 24.9 Å². The number of benzene rings is 3. The fourth-order valence-corrected chi connectivity index (χ4v) is 5.69. The highest BCUT2D eigenvalue weighted by Crippen LogP contribution is 2.25. The summed E-state index contributed by atoms with van der Waals surface area (Å²) in [4.78, 5) is 43.6. The first kappa shape index (κ1) is 32.1. The van der Waals surface area contributed by atoms with Crippen molar-refractivity contribution in [2.45, 2.75) is 63.6 Å². The molecule has 3 aromatic carbocycles. The molecule has 0 bridgehead atoms. The number of hydrogen-bond acceptors (Lipinski definition) is 6. The Kier molecular flexibility index (Phi) is 10.2. The summed E-state index contributed by atoms with van der Waals surface area (Å²) in [7, 11) is 3.12. The van der Waals surface area contributed by atoms with E-state index in [4.69, 9.17) is 4.74 Å². The lowest BCUT2D eigenvalue weighted by Crippen LogP contribution is -2.67. The van der Waals surface area contributed by atoms with E-state index in [0.29, 0.717) is 18.5 Å². The predicted molar refractivity (Wildman–Crippen MR) is 163 cm³/mol. The van der Waals surface area contributed by atoms with E-state index >= 15 is 0 Å². The Balaban J connectivity index is 1.57. The van der Waals surface area contributed by atoms with Crippen molar-refractivity contribution < 1.29 is 28.6 Å². The zero-order valence-corrected chi connectivity index (χ0v) is 25.3. The standard InChI is InChI=1S/C33H41FN4O5/c1-21-31(43-5)38(30(40)27(36-32(41)33(2,3)42)19-22-11-14-26(34)15-12-22)17-16-37(21)28(29(39)35-4)20-23-10-13-24-8-6-7-9-25(24)18-23/h6-15,18,21,27-28,31,42H,16-17,19-20H2,1-5H3,(H,35,39)(H,36,41). The van der Waals surface area contributed by atoms with Gasteiger partial charge in [-0.2, -0.15) is 0 Å². The number of nitrogens with zero attached hydrogens (tertiary/aromatic N) is 2. The molecule has 1 aliphatic rings. The molecule has 0 radical (unpaired) electrons. The molecule has 3 N–H and O–H groups in total. The number of nitrogens with one attached hydrogen (secondary N) is 2. The smallest absolute Gasteiger partial charge is 0.252 e. The third-order valence-corrected chi connectivity index (χ3v) is 8.07. The number of methoxy groups -OCH3 is 1. The van der Waals surface area contributed by atoms with Gasteiger partial charge in [-0.3, -0.25) is 19.3 Å². The Bertz CT molecular complexity index is 1440. The summed E-state index contributed by atoms with van der Waals surface area (Å²) in [5.74, 6) is -1.65. The van der Waals surface area contributed by atoms with E-state index in [1.165, 1.54) is 33.1 Å². The predicted octanol–water partition coefficient (Wildman–Crippen LogP) is 2.64. The van der Waals surface area contributed by atoms with Crippen LogP contribution in [0.4, 0.5) is 4.39 Å². The second-order valence-corrected chi connectivity index (χ2v) is 11.6. The van der Waals surface area contributed by atoms with Gasteiger partial charge < -0.3 is 25.4 Å². The molecular weight excluding hydrogens is 551 g/mol. The number of likely N-dealkylation sites (N-methyl/N-ethyl adjacent to an activating group) is 1. The first-order valence-electron chi connectivity index (χ1n) is 14.5. The summed E-state index contributed by atoms with van der Waals surface area (Å²) in [5.41, 5.74) is -0.0514. The molecule has 43 heavy (non-hydrogen) atoms. The summed E-state index contributed by atoms with van der Waals surface area (Å²) >= 11 is 0. The van der Waals surface area contributed by atoms with Gasteiger partial charge >= 0.3 is 0 Å². The highest BCUT2D eigenvalue weighted by atomic mass is 19.1. The van der Waals surface area contributed by atoms with Crippen LogP contribution in [0.15, 0.2) is 66.7 Å². The second kappa shape index (κ2) is 13.6. The van der Waals surface area contributed by atoms with Crippen LogP contribution < -0.4 is 10.6 Å². The molecule has 10 heteroatoms. The minimum Gasteiger partial charge on any atom is -0.381 e. The third kappa shape index (κ3) is 7.57. The van der Waals surface area contributed by atoms with Gasteiger partial charge in [0, 0.05) is 33.7 Å². The summed E-state index contributed by atoms with van der Waals surface area (Å²) < 4.78 is 19.4. The molecule has 3 amide bonds. The van der Waals surface area contributed by atoms with Crippen molar-refractivity contribution in [2.75, 3.05) is 27.2 Å². The minimum atomic E-state index is -1.71. The molecule has 9 nitrogen and oxygen atoms in total. The van der Waals surface area contributed by atoms with E-state index in [2.05, 4.69) is 21.6 Å². The molecule has 1 saturated heterocycles. The summed E-state index contributed by atoms with van der Waals surface area (Å²) in [6.45, 7) is 5.23. The lowest BCUT2D eigenvalue weighted by atomic mass is 9.97. The topological polar surface area (TPSA) is 111 Å². The number of carbonyl (C=O) groups excluding carboxylic acids is 3. The van der Waals surface area contributed by atoms with Gasteiger partial charge in [0.1, 0.15) is 23.7 Å². The zero-order chi connectivity index (χ0) is 31.3. The number of fused-ring (bicyclic) bond motifs is 1. The Hall–Kier alpha value is -3.86. The number of rotatable bonds is 10. The SMILES string of the molecule is CNC(=O)C(Cc1ccc2ccccc2c1)N1CCN(C(=O)C(Cc2ccc(F)cc2)NC(=O)C(C)(C)O)C(OC)C1C. The quantitative estimate of drug-likeness (QED) is 0.334. The van der Waals surface area contributed by atoms with Gasteiger partial charge in [-0.25, -0.2) is 4.39 Å². The molecule has 0 saturated carbocycles. The fourth-order valence-electron chi connectivity index (χ4n) is 5.69. The van der Waals surface area contributed by atoms with Crippen LogP contribution in [-0.4, -0.2) is 89.8 Å². The number of carbonyl (C=O) groups is 3. The number of piperazine rings is 1. The normalized spacial score (nSPS) is 19.1. The Morgan fingerprint density at radius 3 is 2.28 bits per heavy atom. The van der Waals surface area contributed by atoms with E-state index in [0.717, 1.165) is 16.3 Å². The summed E-state index contributed by atoms with van der Waals surface area (Å²) in [6, 6.07) is 18.0. The highest BCUT2D eigenvalue weighted by Gasteiger charge is 2.43. The number of aliphatic hydroxyl groups is 1. The maximum atomic E-state index is 14.0. The first-order valence-corrected chi connectivity index (χ1v) is 14.5. The first-order chi connectivity index (χ1) is 20.4. The van der Waals surface area contributed by atoms with Crippen LogP contribution in [0.2, 0.25) is 0 Å². The average Bonchev–Trinajstić information content (AvgIpc) is 2.99. The Morgan fingerprint density at radius 1 is 1.00 bits per heavy atom. The molecule has 0 aliphatic carbocycles. The van der Waals surface area contributed by atoms with Crippen molar-refractivity contribution in [1.29, 1.82) is 0 Å². The van der Waals surface area contributed by atoms with Crippen LogP contribution in [0.25, 0.3) is 10.8 Å². The van der Waals surface area contributed by atoms with Gasteiger partial charge in [0.15, 0.2) is 0 Å². The molecule has 230 valence electrons. The van der Waals surface area contributed by atoms with Crippen LogP contribution in [0.1, 0.15) is 31.9 Å². The maximum absolute atomic E-state index is 14.0. The van der Waals surface area contributed by atoms with Gasteiger partial charge in [0.25, 0.3) is 5.91 Å². The average molecular weight is 593 g/mol. The lowest BCUT2D eigenvalue weighted by molar-refractivity contribution is -0.167. The second-order valence-electron chi connectivity index (χ2n) is 11.6. The van der Waals surface area contributed by atoms with Crippen LogP contribution in [0.5, 0.6) is 0 Å². The Labute approximate surface area is 252 Å². The van der Waals surface area contributed by atoms with E-state index in [9.17, 15) is 23.9 Å². The van der Waals surface area contributed by atoms with Gasteiger partial charge in [-0.15, -0.1) is 0 Å². The highest BCUT2D eigenvalue weighted by molar-refractivity contribution is 5.91. The van der Waals surface area contributed by atoms with E-state index < -0.39 is 41.5 Å². The molecule has 4 unspecified atom stereocenters. The van der Waals surface area contributed by atoms with Crippen molar-refractivity contribution in [3.8, 4) is 0 Å². The maximum Gasteiger partial charge on any atom is 0.252 e. The molecule has 1 heterocycles. The van der Waals surface area contributed by atoms with Crippen molar-refractivity contribution in [2.24, 2.45) is 0 Å². The minimum absolute atomic E-state index is 0.0921. The van der Waals surface area contributed by atoms with Crippen LogP contribution in [0.3, 0.4) is 0 Å². The molecule has 1 fully saturated rings. The number of halogens is 1. The van der Waals surface area contributed by atoms with Crippen molar-refractivity contribution in [3.05, 3.63) is 83.7 Å². The number of amides is 3. The van der Waals surface area contributed by atoms with Gasteiger partial charge in [-0.1, -0.05) is 54.6 Å². The van der Waals surface area contributed by atoms with E-state index in [1.807, 2.05) is 43.3 Å². The number of ether oxygens (including phenoxy) is 1. The molecule has 0 spiro atoms. The van der Waals surface area contributed by atoms with Crippen LogP contribution in [0, 0.1) is 5.82 Å². The third-order valence-electron chi connectivity index (χ3n) is 8.07. The molecule has 4 rings (SSSR count). The largest absolute Gasteiger partial charge is 0.381 e. The van der Waals surface area contributed by atoms with Crippen molar-refractivity contribution in [3.63, 3.8) is 0 Å². The zero-order valence-electron chi connectivity index (χ0n) is 25.3. The summed E-state index contributed by atoms with van der Waals surface area (Å²) in [6.07, 6.45) is -0.164. The monoisotopic (exact) mass is 592 g/mol. The summed E-state index contributed by atoms with van der Waals surface area (Å²) in [5, 5.41) is 17.9. The molecule has 1 aliphatic heterocycles. The van der Waals surface area contributed by atoms with Crippen LogP contribution in [-0.2, 0) is 32.0 Å². The van der Waals surface area contributed by atoms with Gasteiger partial charge in [-0.05, 0) is 61.2 Å². The van der Waals surface area contributed by atoms with Gasteiger partial charge in [0.2, 0.25) is 11.8 Å². The molecule has 4 atom stereocenters. The molecular formula is C33H41FN4O5. The van der Waals surface area contributed by atoms with Crippen LogP contribution >= 0.6 is 0 Å². The molecule has 0 aromatic heterocycles. The van der Waals surface area contributed by atoms with E-state index in [1.54, 1.807) is 24.1 Å². The van der Waals surface area contributed by atoms with Crippen molar-refractivity contribution in [1.82, 2.24) is 20.4 Å². The Morgan fingerprint density at radius 2 is 1.65 bits per heavy atom. The van der Waals surface area contributed by atoms with Gasteiger partial charge in [0.05, 0.1) is 12.1 Å². The number of hydrogen-bond donors (Lipinski definition) is 3. The fraction of sp³-hybridized carbons (Fsp3) is 0.424.